The van der Waals surface area contributed by atoms with Crippen molar-refractivity contribution in [2.24, 2.45) is 0 Å². The Morgan fingerprint density at radius 2 is 1.12 bits per heavy atom. The van der Waals surface area contributed by atoms with Gasteiger partial charge in [0.05, 0.1) is 0 Å². The van der Waals surface area contributed by atoms with Gasteiger partial charge < -0.3 is 30.6 Å². The molecule has 0 bridgehead atoms. The van der Waals surface area contributed by atoms with Crippen LogP contribution in [-0.4, -0.2) is 60.5 Å². The highest BCUT2D eigenvalue weighted by Gasteiger charge is 1.99. The number of rotatable bonds is 7. The molecule has 0 radical (unpaired) electrons. The van der Waals surface area contributed by atoms with Crippen molar-refractivity contribution in [1.29, 1.82) is 0 Å². The molecule has 0 saturated carbocycles. The van der Waals surface area contributed by atoms with Gasteiger partial charge >= 0.3 is 29.8 Å². The van der Waals surface area contributed by atoms with Gasteiger partial charge in [0.15, 0.2) is 5.76 Å². The highest BCUT2D eigenvalue weighted by molar-refractivity contribution is 5.86. The first kappa shape index (κ1) is 39.3. The summed E-state index contributed by atoms with van der Waals surface area (Å²) in [5.41, 5.74) is 0.829. The number of carbonyl (C=O) groups is 5. The fraction of sp³-hybridized carbons (Fsp3) is 0.318. The summed E-state index contributed by atoms with van der Waals surface area (Å²) < 4.78 is 0. The number of allylic oxidation sites excluding steroid dienone is 2. The van der Waals surface area contributed by atoms with Crippen LogP contribution in [0.4, 0.5) is 0 Å². The number of hydrogen-bond acceptors (Lipinski definition) is 6. The topological polar surface area (TPSA) is 207 Å². The average molecular weight is 475 g/mol. The number of aliphatic carboxylic acids is 5. The molecule has 0 saturated heterocycles. The van der Waals surface area contributed by atoms with Gasteiger partial charge in [0, 0.05) is 22.8 Å². The van der Waals surface area contributed by atoms with Crippen LogP contribution in [0.2, 0.25) is 0 Å². The summed E-state index contributed by atoms with van der Waals surface area (Å²) in [6, 6.07) is 0. The van der Waals surface area contributed by atoms with Crippen molar-refractivity contribution in [3.8, 4) is 0 Å². The van der Waals surface area contributed by atoms with E-state index in [9.17, 15) is 24.0 Å². The predicted molar refractivity (Wildman–Crippen MR) is 123 cm³/mol. The van der Waals surface area contributed by atoms with E-state index in [2.05, 4.69) is 19.7 Å². The van der Waals surface area contributed by atoms with Gasteiger partial charge in [-0.2, -0.15) is 0 Å². The molecule has 0 aromatic carbocycles. The Balaban J connectivity index is -0.0000000998. The highest BCUT2D eigenvalue weighted by atomic mass is 16.4. The zero-order valence-electron chi connectivity index (χ0n) is 19.5. The van der Waals surface area contributed by atoms with Crippen molar-refractivity contribution in [3.05, 3.63) is 60.4 Å². The van der Waals surface area contributed by atoms with Crippen LogP contribution in [0.3, 0.4) is 0 Å². The molecule has 6 N–H and O–H groups in total. The highest BCUT2D eigenvalue weighted by Crippen LogP contribution is 1.93. The van der Waals surface area contributed by atoms with Gasteiger partial charge in [-0.1, -0.05) is 39.7 Å². The van der Waals surface area contributed by atoms with E-state index in [1.165, 1.54) is 13.0 Å². The molecule has 0 aromatic heterocycles. The lowest BCUT2D eigenvalue weighted by molar-refractivity contribution is -0.136. The predicted octanol–water partition coefficient (Wildman–Crippen LogP) is 3.90. The first-order valence-electron chi connectivity index (χ1n) is 9.10. The molecule has 0 spiro atoms. The molecule has 0 heterocycles. The number of hydrogen-bond donors (Lipinski definition) is 6. The Labute approximate surface area is 193 Å². The van der Waals surface area contributed by atoms with E-state index in [0.29, 0.717) is 18.4 Å². The van der Waals surface area contributed by atoms with Gasteiger partial charge in [-0.05, 0) is 39.7 Å². The van der Waals surface area contributed by atoms with E-state index in [1.807, 2.05) is 0 Å². The van der Waals surface area contributed by atoms with Gasteiger partial charge in [0.25, 0.3) is 0 Å². The van der Waals surface area contributed by atoms with Crippen molar-refractivity contribution in [3.63, 3.8) is 0 Å². The Morgan fingerprint density at radius 1 is 0.758 bits per heavy atom. The maximum atomic E-state index is 9.86. The third kappa shape index (κ3) is 42.8. The van der Waals surface area contributed by atoms with Gasteiger partial charge in [0.1, 0.15) is 0 Å². The fourth-order valence-corrected chi connectivity index (χ4v) is 0.555. The summed E-state index contributed by atoms with van der Waals surface area (Å²) in [5.74, 6) is -5.51. The van der Waals surface area contributed by atoms with Crippen LogP contribution in [0.1, 0.15) is 47.5 Å². The molecule has 11 heteroatoms. The average Bonchev–Trinajstić information content (AvgIpc) is 2.73. The molecule has 11 nitrogen and oxygen atoms in total. The minimum atomic E-state index is -1.27. The lowest BCUT2D eigenvalue weighted by atomic mass is 10.2. The summed E-state index contributed by atoms with van der Waals surface area (Å²) in [6.45, 7) is 17.6. The standard InChI is InChI=1S/C5H8O3.2C5H8O2.C4H6O2.C3H4O2/c1-2-3-4(6)5(7)8;2*1-3-4(2)5(6)7;1-3(2)4(5)6;1-2-3(4)5/h3,6H,2H2,1H3,(H,7,8);3H,1-2H3,(H,6,7);2-3H2,1H3,(H,6,7);1H2,2H3,(H,5,6);2H,1H2,(H,4,5)/b4-3-;4-3+;;;. The monoisotopic (exact) mass is 474 g/mol. The van der Waals surface area contributed by atoms with Crippen molar-refractivity contribution in [1.82, 2.24) is 0 Å². The van der Waals surface area contributed by atoms with Crippen LogP contribution in [-0.2, 0) is 24.0 Å². The molecule has 0 aliphatic carbocycles. The first-order valence-corrected chi connectivity index (χ1v) is 9.10. The number of aliphatic hydroxyl groups is 1. The van der Waals surface area contributed by atoms with E-state index in [1.54, 1.807) is 33.8 Å². The van der Waals surface area contributed by atoms with Crippen LogP contribution < -0.4 is 0 Å². The fourth-order valence-electron chi connectivity index (χ4n) is 0.555. The second-order valence-corrected chi connectivity index (χ2v) is 5.47. The lowest BCUT2D eigenvalue weighted by Crippen LogP contribution is -1.97. The first-order chi connectivity index (χ1) is 15.0. The minimum absolute atomic E-state index is 0.176. The van der Waals surface area contributed by atoms with E-state index in [-0.39, 0.29) is 11.1 Å². The molecule has 0 aromatic rings. The number of aliphatic hydroxyl groups excluding tert-OH is 1. The SMILES string of the molecule is C/C=C(\C)C(=O)O.C=C(C)C(=O)O.C=C(CC)C(=O)O.C=CC(=O)O.CC/C=C(\O)C(=O)O. The van der Waals surface area contributed by atoms with Gasteiger partial charge in [-0.3, -0.25) is 0 Å². The third-order valence-electron chi connectivity index (χ3n) is 2.66. The maximum Gasteiger partial charge on any atom is 0.370 e. The van der Waals surface area contributed by atoms with Crippen LogP contribution >= 0.6 is 0 Å². The van der Waals surface area contributed by atoms with Gasteiger partial charge in [-0.25, -0.2) is 24.0 Å². The minimum Gasteiger partial charge on any atom is -0.502 e. The summed E-state index contributed by atoms with van der Waals surface area (Å²) in [6.07, 6.45) is 4.69. The second-order valence-electron chi connectivity index (χ2n) is 5.47. The summed E-state index contributed by atoms with van der Waals surface area (Å²) in [4.78, 5) is 48.3. The lowest BCUT2D eigenvalue weighted by Gasteiger charge is -1.87. The molecule has 0 aliphatic rings. The maximum absolute atomic E-state index is 9.86. The normalized spacial score (nSPS) is 9.24. The second kappa shape index (κ2) is 25.9. The summed E-state index contributed by atoms with van der Waals surface area (Å²) in [7, 11) is 0. The molecular formula is C22H34O11. The van der Waals surface area contributed by atoms with E-state index >= 15 is 0 Å². The molecular weight excluding hydrogens is 440 g/mol. The van der Waals surface area contributed by atoms with Crippen LogP contribution in [0.15, 0.2) is 60.4 Å². The Hall–Kier alpha value is -4.15. The Bertz CT molecular complexity index is 729. The number of carboxylic acid groups (broad SMARTS) is 5. The van der Waals surface area contributed by atoms with Gasteiger partial charge in [-0.15, -0.1) is 0 Å². The smallest absolute Gasteiger partial charge is 0.370 e. The molecule has 0 atom stereocenters. The zero-order valence-corrected chi connectivity index (χ0v) is 19.5. The van der Waals surface area contributed by atoms with Crippen molar-refractivity contribution in [2.75, 3.05) is 0 Å². The largest absolute Gasteiger partial charge is 0.502 e. The number of carboxylic acids is 5. The molecule has 0 unspecified atom stereocenters. The van der Waals surface area contributed by atoms with Crippen LogP contribution in [0, 0.1) is 0 Å². The van der Waals surface area contributed by atoms with Crippen molar-refractivity contribution >= 4 is 29.8 Å². The Kier molecular flexibility index (Phi) is 30.9. The van der Waals surface area contributed by atoms with Crippen molar-refractivity contribution < 1.29 is 54.6 Å². The van der Waals surface area contributed by atoms with E-state index in [0.717, 1.165) is 6.08 Å². The summed E-state index contributed by atoms with van der Waals surface area (Å²) >= 11 is 0. The van der Waals surface area contributed by atoms with Crippen molar-refractivity contribution in [2.45, 2.75) is 47.5 Å². The third-order valence-corrected chi connectivity index (χ3v) is 2.66. The molecule has 0 amide bonds. The van der Waals surface area contributed by atoms with E-state index < -0.39 is 35.6 Å². The summed E-state index contributed by atoms with van der Waals surface area (Å²) in [5, 5.41) is 48.1. The van der Waals surface area contributed by atoms with Crippen LogP contribution in [0.5, 0.6) is 0 Å². The quantitative estimate of drug-likeness (QED) is 0.230. The van der Waals surface area contributed by atoms with Gasteiger partial charge in [0.2, 0.25) is 0 Å². The Morgan fingerprint density at radius 3 is 1.15 bits per heavy atom. The molecule has 33 heavy (non-hydrogen) atoms. The van der Waals surface area contributed by atoms with E-state index in [4.69, 9.17) is 30.6 Å². The molecule has 0 aliphatic heterocycles. The molecule has 0 fully saturated rings. The molecule has 0 rings (SSSR count). The zero-order chi connectivity index (χ0) is 27.7. The molecule has 188 valence electrons. The van der Waals surface area contributed by atoms with Crippen LogP contribution in [0.25, 0.3) is 0 Å².